The van der Waals surface area contributed by atoms with Gasteiger partial charge in [-0.2, -0.15) is 0 Å². The zero-order valence-electron chi connectivity index (χ0n) is 17.2. The first kappa shape index (κ1) is 21.3. The molecule has 2 heterocycles. The molecule has 0 aliphatic carbocycles. The van der Waals surface area contributed by atoms with E-state index in [-0.39, 0.29) is 6.61 Å². The lowest BCUT2D eigenvalue weighted by atomic mass is 9.99. The molecule has 158 valence electrons. The highest BCUT2D eigenvalue weighted by atomic mass is 16.8. The van der Waals surface area contributed by atoms with E-state index in [1.165, 1.54) is 0 Å². The molecule has 8 nitrogen and oxygen atoms in total. The molecule has 0 saturated carbocycles. The number of aliphatic hydroxyl groups is 1. The van der Waals surface area contributed by atoms with E-state index in [0.717, 1.165) is 0 Å². The van der Waals surface area contributed by atoms with Crippen LogP contribution in [0.5, 0.6) is 11.5 Å². The standard InChI is InChI=1S/C20H30O8/c1-19(2,23-6)24-11-14-16-17(28-20(3,4)27-16)15(21)18(26-14)25-13-9-7-12(22-5)8-10-13/h7-10,14-18,21H,11H2,1-6H3/t14-,15+,16+,17-,18-/m1/s1. The number of rotatable bonds is 7. The lowest BCUT2D eigenvalue weighted by Gasteiger charge is -2.40. The van der Waals surface area contributed by atoms with Crippen molar-refractivity contribution in [2.24, 2.45) is 0 Å². The van der Waals surface area contributed by atoms with Gasteiger partial charge in [0.1, 0.15) is 35.9 Å². The molecule has 0 spiro atoms. The summed E-state index contributed by atoms with van der Waals surface area (Å²) in [5.41, 5.74) is 0. The highest BCUT2D eigenvalue weighted by Gasteiger charge is 2.55. The highest BCUT2D eigenvalue weighted by Crippen LogP contribution is 2.38. The van der Waals surface area contributed by atoms with Crippen LogP contribution in [0.2, 0.25) is 0 Å². The summed E-state index contributed by atoms with van der Waals surface area (Å²) in [5, 5.41) is 10.8. The average molecular weight is 398 g/mol. The smallest absolute Gasteiger partial charge is 0.229 e. The van der Waals surface area contributed by atoms with Crippen LogP contribution < -0.4 is 9.47 Å². The predicted octanol–water partition coefficient (Wildman–Crippen LogP) is 2.08. The number of hydrogen-bond acceptors (Lipinski definition) is 8. The van der Waals surface area contributed by atoms with Gasteiger partial charge in [-0.15, -0.1) is 0 Å². The Morgan fingerprint density at radius 2 is 1.64 bits per heavy atom. The summed E-state index contributed by atoms with van der Waals surface area (Å²) in [4.78, 5) is 0. The van der Waals surface area contributed by atoms with Gasteiger partial charge in [0, 0.05) is 7.11 Å². The van der Waals surface area contributed by atoms with Crippen LogP contribution in [-0.4, -0.2) is 68.2 Å². The maximum Gasteiger partial charge on any atom is 0.229 e. The Bertz CT molecular complexity index is 644. The van der Waals surface area contributed by atoms with Crippen molar-refractivity contribution in [2.45, 2.75) is 70.0 Å². The van der Waals surface area contributed by atoms with E-state index in [2.05, 4.69) is 0 Å². The van der Waals surface area contributed by atoms with Crippen molar-refractivity contribution < 1.29 is 38.3 Å². The molecule has 0 aromatic heterocycles. The molecule has 0 amide bonds. The normalized spacial score (nSPS) is 32.0. The summed E-state index contributed by atoms with van der Waals surface area (Å²) in [6.07, 6.45) is -3.57. The topological polar surface area (TPSA) is 84.8 Å². The van der Waals surface area contributed by atoms with Crippen molar-refractivity contribution in [3.8, 4) is 11.5 Å². The minimum absolute atomic E-state index is 0.191. The Morgan fingerprint density at radius 3 is 2.25 bits per heavy atom. The average Bonchev–Trinajstić information content (AvgIpc) is 2.99. The Morgan fingerprint density at radius 1 is 1.04 bits per heavy atom. The van der Waals surface area contributed by atoms with Crippen LogP contribution >= 0.6 is 0 Å². The molecule has 5 atom stereocenters. The largest absolute Gasteiger partial charge is 0.497 e. The van der Waals surface area contributed by atoms with Gasteiger partial charge in [0.2, 0.25) is 6.29 Å². The number of fused-ring (bicyclic) bond motifs is 1. The first-order valence-electron chi connectivity index (χ1n) is 9.33. The quantitative estimate of drug-likeness (QED) is 0.699. The summed E-state index contributed by atoms with van der Waals surface area (Å²) in [5.74, 6) is -0.377. The van der Waals surface area contributed by atoms with Gasteiger partial charge in [-0.1, -0.05) is 0 Å². The van der Waals surface area contributed by atoms with E-state index in [4.69, 9.17) is 33.2 Å². The fourth-order valence-electron chi connectivity index (χ4n) is 3.22. The van der Waals surface area contributed by atoms with Crippen LogP contribution in [-0.2, 0) is 23.7 Å². The van der Waals surface area contributed by atoms with Crippen LogP contribution in [0.1, 0.15) is 27.7 Å². The van der Waals surface area contributed by atoms with Gasteiger partial charge in [0.05, 0.1) is 13.7 Å². The maximum atomic E-state index is 10.8. The molecule has 0 unspecified atom stereocenters. The highest BCUT2D eigenvalue weighted by molar-refractivity contribution is 5.31. The molecule has 1 aromatic carbocycles. The third-order valence-corrected chi connectivity index (χ3v) is 4.85. The molecule has 1 N–H and O–H groups in total. The molecule has 3 rings (SSSR count). The molecule has 1 aromatic rings. The van der Waals surface area contributed by atoms with Gasteiger partial charge >= 0.3 is 0 Å². The summed E-state index contributed by atoms with van der Waals surface area (Å²) in [6, 6.07) is 7.04. The molecule has 28 heavy (non-hydrogen) atoms. The molecule has 2 aliphatic heterocycles. The zero-order valence-corrected chi connectivity index (χ0v) is 17.2. The van der Waals surface area contributed by atoms with Gasteiger partial charge in [-0.05, 0) is 52.0 Å². The first-order valence-corrected chi connectivity index (χ1v) is 9.33. The maximum absolute atomic E-state index is 10.8. The number of aliphatic hydroxyl groups excluding tert-OH is 1. The third kappa shape index (κ3) is 4.76. The monoisotopic (exact) mass is 398 g/mol. The first-order chi connectivity index (χ1) is 13.1. The molecular weight excluding hydrogens is 368 g/mol. The van der Waals surface area contributed by atoms with Gasteiger partial charge in [0.15, 0.2) is 11.6 Å². The van der Waals surface area contributed by atoms with E-state index in [9.17, 15) is 5.11 Å². The van der Waals surface area contributed by atoms with E-state index in [0.29, 0.717) is 11.5 Å². The van der Waals surface area contributed by atoms with Crippen molar-refractivity contribution in [3.63, 3.8) is 0 Å². The third-order valence-electron chi connectivity index (χ3n) is 4.85. The van der Waals surface area contributed by atoms with Crippen LogP contribution in [0, 0.1) is 0 Å². The van der Waals surface area contributed by atoms with Gasteiger partial charge in [-0.3, -0.25) is 0 Å². The zero-order chi connectivity index (χ0) is 20.5. The Hall–Kier alpha value is -1.42. The summed E-state index contributed by atoms with van der Waals surface area (Å²) >= 11 is 0. The Balaban J connectivity index is 1.75. The van der Waals surface area contributed by atoms with Crippen LogP contribution in [0.25, 0.3) is 0 Å². The fourth-order valence-corrected chi connectivity index (χ4v) is 3.22. The van der Waals surface area contributed by atoms with Crippen molar-refractivity contribution in [1.29, 1.82) is 0 Å². The second-order valence-electron chi connectivity index (χ2n) is 7.81. The van der Waals surface area contributed by atoms with Crippen LogP contribution in [0.4, 0.5) is 0 Å². The van der Waals surface area contributed by atoms with E-state index in [1.54, 1.807) is 52.3 Å². The number of benzene rings is 1. The van der Waals surface area contributed by atoms with Crippen molar-refractivity contribution in [1.82, 2.24) is 0 Å². The minimum atomic E-state index is -1.03. The number of methoxy groups -OCH3 is 2. The lowest BCUT2D eigenvalue weighted by molar-refractivity contribution is -0.279. The van der Waals surface area contributed by atoms with Crippen molar-refractivity contribution in [2.75, 3.05) is 20.8 Å². The minimum Gasteiger partial charge on any atom is -0.497 e. The van der Waals surface area contributed by atoms with Crippen LogP contribution in [0.3, 0.4) is 0 Å². The number of hydrogen-bond donors (Lipinski definition) is 1. The predicted molar refractivity (Wildman–Crippen MR) is 99.2 cm³/mol. The molecule has 2 saturated heterocycles. The van der Waals surface area contributed by atoms with Gasteiger partial charge in [0.25, 0.3) is 0 Å². The lowest BCUT2D eigenvalue weighted by Crippen LogP contribution is -2.59. The summed E-state index contributed by atoms with van der Waals surface area (Å²) in [7, 11) is 3.16. The number of ether oxygens (including phenoxy) is 7. The van der Waals surface area contributed by atoms with E-state index < -0.39 is 42.3 Å². The molecule has 2 fully saturated rings. The van der Waals surface area contributed by atoms with Gasteiger partial charge in [-0.25, -0.2) is 0 Å². The van der Waals surface area contributed by atoms with E-state index >= 15 is 0 Å². The molecule has 8 heteroatoms. The molecule has 0 radical (unpaired) electrons. The molecular formula is C20H30O8. The van der Waals surface area contributed by atoms with Gasteiger partial charge < -0.3 is 38.3 Å². The van der Waals surface area contributed by atoms with Crippen LogP contribution in [0.15, 0.2) is 24.3 Å². The SMILES string of the molecule is COc1ccc(O[C@@H]2O[C@H](COC(C)(C)OC)[C@@H]3OC(C)(C)O[C@@H]3[C@@H]2O)cc1. The van der Waals surface area contributed by atoms with Crippen molar-refractivity contribution >= 4 is 0 Å². The second-order valence-corrected chi connectivity index (χ2v) is 7.81. The molecule has 0 bridgehead atoms. The Labute approximate surface area is 165 Å². The summed E-state index contributed by atoms with van der Waals surface area (Å²) in [6.45, 7) is 7.41. The fraction of sp³-hybridized carbons (Fsp3) is 0.700. The van der Waals surface area contributed by atoms with E-state index in [1.807, 2.05) is 13.8 Å². The van der Waals surface area contributed by atoms with Crippen molar-refractivity contribution in [3.05, 3.63) is 24.3 Å². The Kier molecular flexibility index (Phi) is 6.19. The molecule has 2 aliphatic rings. The summed E-state index contributed by atoms with van der Waals surface area (Å²) < 4.78 is 40.1. The second kappa shape index (κ2) is 8.14.